The Morgan fingerprint density at radius 3 is 2.50 bits per heavy atom. The summed E-state index contributed by atoms with van der Waals surface area (Å²) >= 11 is 0. The first-order valence-electron chi connectivity index (χ1n) is 7.23. The van der Waals surface area contributed by atoms with E-state index in [0.717, 1.165) is 0 Å². The van der Waals surface area contributed by atoms with Crippen molar-refractivity contribution in [3.05, 3.63) is 65.7 Å². The van der Waals surface area contributed by atoms with Crippen LogP contribution >= 0.6 is 0 Å². The topological polar surface area (TPSA) is 0 Å². The van der Waals surface area contributed by atoms with Crippen LogP contribution in [0.15, 0.2) is 54.6 Å². The molecule has 0 atom stereocenters. The first-order valence-corrected chi connectivity index (χ1v) is 7.23. The molecule has 0 nitrogen and oxygen atoms in total. The van der Waals surface area contributed by atoms with E-state index in [2.05, 4.69) is 76.3 Å². The van der Waals surface area contributed by atoms with Crippen molar-refractivity contribution in [3.63, 3.8) is 0 Å². The number of hydrogen-bond acceptors (Lipinski definition) is 0. The highest BCUT2D eigenvalue weighted by Gasteiger charge is 2.36. The molecule has 1 aliphatic carbocycles. The maximum atomic E-state index is 2.35. The zero-order chi connectivity index (χ0) is 13.9. The molecule has 1 aliphatic rings. The molecule has 96 valence electrons. The molecule has 0 saturated carbocycles. The summed E-state index contributed by atoms with van der Waals surface area (Å²) in [7, 11) is 2.18. The minimum absolute atomic E-state index is 0.0979. The molecule has 20 heavy (non-hydrogen) atoms. The van der Waals surface area contributed by atoms with Gasteiger partial charge in [-0.25, -0.2) is 0 Å². The normalized spacial score (nSPS) is 15.1. The van der Waals surface area contributed by atoms with Crippen LogP contribution in [0.5, 0.6) is 0 Å². The Labute approximate surface area is 120 Å². The lowest BCUT2D eigenvalue weighted by atomic mass is 9.80. The second-order valence-corrected chi connectivity index (χ2v) is 6.38. The van der Waals surface area contributed by atoms with Gasteiger partial charge in [-0.3, -0.25) is 0 Å². The van der Waals surface area contributed by atoms with Crippen LogP contribution in [0.1, 0.15) is 25.0 Å². The van der Waals surface area contributed by atoms with E-state index in [1.807, 2.05) is 0 Å². The third kappa shape index (κ3) is 1.38. The van der Waals surface area contributed by atoms with Crippen molar-refractivity contribution < 1.29 is 0 Å². The van der Waals surface area contributed by atoms with E-state index >= 15 is 0 Å². The van der Waals surface area contributed by atoms with Crippen LogP contribution in [0.25, 0.3) is 21.9 Å². The van der Waals surface area contributed by atoms with Crippen molar-refractivity contribution in [2.24, 2.45) is 0 Å². The van der Waals surface area contributed by atoms with E-state index < -0.39 is 0 Å². The van der Waals surface area contributed by atoms with Gasteiger partial charge in [-0.05, 0) is 33.0 Å². The molecule has 0 bridgehead atoms. The summed E-state index contributed by atoms with van der Waals surface area (Å²) in [6.07, 6.45) is 0. The third-order valence-corrected chi connectivity index (χ3v) is 4.72. The fourth-order valence-corrected chi connectivity index (χ4v) is 3.62. The molecule has 0 heterocycles. The highest BCUT2D eigenvalue weighted by atomic mass is 14.4. The average molecular weight is 256 g/mol. The van der Waals surface area contributed by atoms with E-state index in [9.17, 15) is 0 Å². The van der Waals surface area contributed by atoms with Crippen molar-refractivity contribution >= 4 is 24.1 Å². The van der Waals surface area contributed by atoms with Crippen LogP contribution in [-0.2, 0) is 5.41 Å². The largest absolute Gasteiger partial charge is 0.139 e. The summed E-state index contributed by atoms with van der Waals surface area (Å²) in [5.41, 5.74) is 7.20. The lowest BCUT2D eigenvalue weighted by molar-refractivity contribution is 0.661. The third-order valence-electron chi connectivity index (χ3n) is 4.72. The molecule has 0 unspecified atom stereocenters. The molecule has 1 heteroatoms. The Kier molecular flexibility index (Phi) is 2.21. The molecule has 0 amide bonds. The van der Waals surface area contributed by atoms with Crippen molar-refractivity contribution in [2.75, 3.05) is 0 Å². The minimum Gasteiger partial charge on any atom is -0.0886 e. The van der Waals surface area contributed by atoms with Crippen molar-refractivity contribution in [2.45, 2.75) is 19.3 Å². The molecule has 0 fully saturated rings. The maximum absolute atomic E-state index is 2.35. The molecule has 3 aromatic carbocycles. The maximum Gasteiger partial charge on any atom is 0.139 e. The SMILES string of the molecule is Bc1ccc2c(c1)C(C)(C)c1ccc3ccccc3c1-2. The first-order chi connectivity index (χ1) is 9.59. The number of rotatable bonds is 0. The Bertz CT molecular complexity index is 844. The van der Waals surface area contributed by atoms with Gasteiger partial charge < -0.3 is 0 Å². The predicted molar refractivity (Wildman–Crippen MR) is 89.7 cm³/mol. The summed E-state index contributed by atoms with van der Waals surface area (Å²) < 4.78 is 0. The fraction of sp³-hybridized carbons (Fsp3) is 0.158. The average Bonchev–Trinajstić information content (AvgIpc) is 2.68. The van der Waals surface area contributed by atoms with Gasteiger partial charge in [0, 0.05) is 5.41 Å². The van der Waals surface area contributed by atoms with Crippen molar-refractivity contribution in [3.8, 4) is 11.1 Å². The fourth-order valence-electron chi connectivity index (χ4n) is 3.62. The van der Waals surface area contributed by atoms with Gasteiger partial charge in [0.1, 0.15) is 7.85 Å². The molecule has 0 spiro atoms. The summed E-state index contributed by atoms with van der Waals surface area (Å²) in [4.78, 5) is 0. The number of hydrogen-bond donors (Lipinski definition) is 0. The molecule has 0 saturated heterocycles. The van der Waals surface area contributed by atoms with Gasteiger partial charge >= 0.3 is 0 Å². The van der Waals surface area contributed by atoms with Gasteiger partial charge in [0.15, 0.2) is 0 Å². The first kappa shape index (κ1) is 11.8. The van der Waals surface area contributed by atoms with E-state index in [-0.39, 0.29) is 5.41 Å². The molecule has 4 rings (SSSR count). The van der Waals surface area contributed by atoms with Gasteiger partial charge in [-0.1, -0.05) is 73.9 Å². The van der Waals surface area contributed by atoms with E-state index in [1.165, 1.54) is 38.5 Å². The smallest absolute Gasteiger partial charge is 0.0886 e. The highest BCUT2D eigenvalue weighted by molar-refractivity contribution is 6.32. The predicted octanol–water partition coefficient (Wildman–Crippen LogP) is 3.40. The summed E-state index contributed by atoms with van der Waals surface area (Å²) in [5, 5.41) is 2.70. The van der Waals surface area contributed by atoms with Crippen LogP contribution < -0.4 is 5.46 Å². The molecule has 0 radical (unpaired) electrons. The van der Waals surface area contributed by atoms with Gasteiger partial charge in [0.2, 0.25) is 0 Å². The van der Waals surface area contributed by atoms with Crippen molar-refractivity contribution in [1.82, 2.24) is 0 Å². The summed E-state index contributed by atoms with van der Waals surface area (Å²) in [6.45, 7) is 4.68. The monoisotopic (exact) mass is 256 g/mol. The summed E-state index contributed by atoms with van der Waals surface area (Å²) in [6, 6.07) is 20.2. The van der Waals surface area contributed by atoms with Crippen LogP contribution in [-0.4, -0.2) is 7.85 Å². The standard InChI is InChI=1S/C19H17B/c1-19(2)16-10-7-12-5-3-4-6-14(12)18(16)15-9-8-13(20)11-17(15)19/h3-11H,20H2,1-2H3. The van der Waals surface area contributed by atoms with Crippen molar-refractivity contribution in [1.29, 1.82) is 0 Å². The van der Waals surface area contributed by atoms with Gasteiger partial charge in [0.05, 0.1) is 0 Å². The number of fused-ring (bicyclic) bond motifs is 5. The van der Waals surface area contributed by atoms with Crippen LogP contribution in [0.3, 0.4) is 0 Å². The zero-order valence-electron chi connectivity index (χ0n) is 12.2. The van der Waals surface area contributed by atoms with Gasteiger partial charge in [-0.2, -0.15) is 0 Å². The molecular weight excluding hydrogens is 239 g/mol. The van der Waals surface area contributed by atoms with E-state index in [1.54, 1.807) is 0 Å². The Morgan fingerprint density at radius 2 is 1.65 bits per heavy atom. The second kappa shape index (κ2) is 3.76. The lowest BCUT2D eigenvalue weighted by Crippen LogP contribution is -2.17. The molecular formula is C19H17B. The minimum atomic E-state index is 0.0979. The van der Waals surface area contributed by atoms with Gasteiger partial charge in [0.25, 0.3) is 0 Å². The molecule has 0 aliphatic heterocycles. The number of benzene rings is 3. The zero-order valence-corrected chi connectivity index (χ0v) is 12.2. The molecule has 0 aromatic heterocycles. The Morgan fingerprint density at radius 1 is 0.850 bits per heavy atom. The van der Waals surface area contributed by atoms with Crippen LogP contribution in [0, 0.1) is 0 Å². The second-order valence-electron chi connectivity index (χ2n) is 6.38. The Hall–Kier alpha value is -2.02. The highest BCUT2D eigenvalue weighted by Crippen LogP contribution is 2.50. The quantitative estimate of drug-likeness (QED) is 0.541. The molecule has 0 N–H and O–H groups in total. The lowest BCUT2D eigenvalue weighted by Gasteiger charge is -2.22. The molecule has 3 aromatic rings. The Balaban J connectivity index is 2.20. The van der Waals surface area contributed by atoms with E-state index in [0.29, 0.717) is 0 Å². The van der Waals surface area contributed by atoms with Crippen LogP contribution in [0.4, 0.5) is 0 Å². The van der Waals surface area contributed by atoms with Crippen LogP contribution in [0.2, 0.25) is 0 Å². The summed E-state index contributed by atoms with van der Waals surface area (Å²) in [5.74, 6) is 0. The van der Waals surface area contributed by atoms with Gasteiger partial charge in [-0.15, -0.1) is 0 Å². The van der Waals surface area contributed by atoms with E-state index in [4.69, 9.17) is 0 Å².